The Bertz CT molecular complexity index is 742. The molecule has 0 unspecified atom stereocenters. The summed E-state index contributed by atoms with van der Waals surface area (Å²) in [6, 6.07) is 11.0. The van der Waals surface area contributed by atoms with E-state index in [1.807, 2.05) is 0 Å². The largest absolute Gasteiger partial charge is 0.492 e. The molecule has 0 heterocycles. The first-order valence-electron chi connectivity index (χ1n) is 7.81. The van der Waals surface area contributed by atoms with Crippen molar-refractivity contribution in [3.8, 4) is 11.5 Å². The Morgan fingerprint density at radius 3 is 2.58 bits per heavy atom. The van der Waals surface area contributed by atoms with E-state index >= 15 is 0 Å². The number of para-hydroxylation sites is 1. The number of carbonyl (C=O) groups excluding carboxylic acids is 1. The smallest absolute Gasteiger partial charge is 0.387 e. The number of benzene rings is 2. The van der Waals surface area contributed by atoms with Crippen LogP contribution in [-0.2, 0) is 0 Å². The standard InChI is InChI=1S/C18H19ClF2N2O3/c1-12-4-3-5-15(26-17(20)21)16(12)22-18(24)23(2)10-11-25-14-8-6-13(19)7-9-14/h3-9,17H,10-11H2,1-2H3,(H,22,24). The van der Waals surface area contributed by atoms with Crippen molar-refractivity contribution in [1.29, 1.82) is 0 Å². The van der Waals surface area contributed by atoms with E-state index in [4.69, 9.17) is 16.3 Å². The Morgan fingerprint density at radius 2 is 1.92 bits per heavy atom. The number of amides is 2. The number of anilines is 1. The Hall–Kier alpha value is -2.54. The molecule has 1 N–H and O–H groups in total. The first kappa shape index (κ1) is 19.8. The molecular formula is C18H19ClF2N2O3. The van der Waals surface area contributed by atoms with Gasteiger partial charge in [0.2, 0.25) is 0 Å². The maximum atomic E-state index is 12.5. The summed E-state index contributed by atoms with van der Waals surface area (Å²) in [5, 5.41) is 3.20. The van der Waals surface area contributed by atoms with Crippen molar-refractivity contribution < 1.29 is 23.0 Å². The molecule has 0 aromatic heterocycles. The molecule has 2 amide bonds. The van der Waals surface area contributed by atoms with E-state index in [-0.39, 0.29) is 18.0 Å². The van der Waals surface area contributed by atoms with Crippen molar-refractivity contribution in [2.24, 2.45) is 0 Å². The Balaban J connectivity index is 1.91. The number of hydrogen-bond donors (Lipinski definition) is 1. The topological polar surface area (TPSA) is 50.8 Å². The molecule has 0 saturated heterocycles. The molecule has 2 rings (SSSR count). The Labute approximate surface area is 155 Å². The fraction of sp³-hybridized carbons (Fsp3) is 0.278. The van der Waals surface area contributed by atoms with Crippen LogP contribution in [0.3, 0.4) is 0 Å². The predicted octanol–water partition coefficient (Wildman–Crippen LogP) is 4.79. The number of carbonyl (C=O) groups is 1. The summed E-state index contributed by atoms with van der Waals surface area (Å²) in [6.07, 6.45) is 0. The molecule has 5 nitrogen and oxygen atoms in total. The molecule has 0 atom stereocenters. The average molecular weight is 385 g/mol. The van der Waals surface area contributed by atoms with Gasteiger partial charge in [-0.25, -0.2) is 4.79 Å². The van der Waals surface area contributed by atoms with E-state index in [1.54, 1.807) is 50.4 Å². The van der Waals surface area contributed by atoms with Gasteiger partial charge in [-0.15, -0.1) is 0 Å². The summed E-state index contributed by atoms with van der Waals surface area (Å²) in [6.45, 7) is -0.721. The molecule has 0 aliphatic carbocycles. The summed E-state index contributed by atoms with van der Waals surface area (Å²) >= 11 is 5.80. The van der Waals surface area contributed by atoms with Gasteiger partial charge >= 0.3 is 12.6 Å². The molecule has 140 valence electrons. The second-order valence-electron chi connectivity index (χ2n) is 5.48. The summed E-state index contributed by atoms with van der Waals surface area (Å²) in [7, 11) is 1.58. The minimum absolute atomic E-state index is 0.0841. The van der Waals surface area contributed by atoms with Crippen LogP contribution in [0.15, 0.2) is 42.5 Å². The van der Waals surface area contributed by atoms with Crippen LogP contribution in [0.4, 0.5) is 19.3 Å². The molecular weight excluding hydrogens is 366 g/mol. The lowest BCUT2D eigenvalue weighted by Crippen LogP contribution is -2.34. The lowest BCUT2D eigenvalue weighted by molar-refractivity contribution is -0.0493. The van der Waals surface area contributed by atoms with Gasteiger partial charge in [-0.1, -0.05) is 23.7 Å². The molecule has 0 spiro atoms. The Morgan fingerprint density at radius 1 is 1.23 bits per heavy atom. The Kier molecular flexibility index (Phi) is 7.03. The lowest BCUT2D eigenvalue weighted by Gasteiger charge is -2.20. The number of urea groups is 1. The number of halogens is 3. The number of ether oxygens (including phenoxy) is 2. The number of nitrogens with zero attached hydrogens (tertiary/aromatic N) is 1. The molecule has 0 radical (unpaired) electrons. The number of aryl methyl sites for hydroxylation is 1. The summed E-state index contributed by atoms with van der Waals surface area (Å²) in [5.74, 6) is 0.550. The van der Waals surface area contributed by atoms with Gasteiger partial charge in [-0.05, 0) is 42.8 Å². The second-order valence-corrected chi connectivity index (χ2v) is 5.92. The first-order valence-corrected chi connectivity index (χ1v) is 8.19. The zero-order valence-corrected chi connectivity index (χ0v) is 15.1. The van der Waals surface area contributed by atoms with Gasteiger partial charge in [0, 0.05) is 12.1 Å². The number of likely N-dealkylation sites (N-methyl/N-ethyl adjacent to an activating group) is 1. The third kappa shape index (κ3) is 5.77. The van der Waals surface area contributed by atoms with Crippen molar-refractivity contribution in [1.82, 2.24) is 4.90 Å². The van der Waals surface area contributed by atoms with Crippen molar-refractivity contribution in [2.45, 2.75) is 13.5 Å². The minimum Gasteiger partial charge on any atom is -0.492 e. The van der Waals surface area contributed by atoms with Crippen LogP contribution in [0.5, 0.6) is 11.5 Å². The maximum absolute atomic E-state index is 12.5. The van der Waals surface area contributed by atoms with E-state index in [9.17, 15) is 13.6 Å². The van der Waals surface area contributed by atoms with E-state index in [2.05, 4.69) is 10.1 Å². The molecule has 0 bridgehead atoms. The molecule has 0 fully saturated rings. The lowest BCUT2D eigenvalue weighted by atomic mass is 10.2. The van der Waals surface area contributed by atoms with Crippen molar-refractivity contribution in [3.63, 3.8) is 0 Å². The number of alkyl halides is 2. The third-order valence-electron chi connectivity index (χ3n) is 3.54. The van der Waals surface area contributed by atoms with Gasteiger partial charge in [0.1, 0.15) is 18.1 Å². The molecule has 26 heavy (non-hydrogen) atoms. The van der Waals surface area contributed by atoms with Crippen LogP contribution in [0, 0.1) is 6.92 Å². The van der Waals surface area contributed by atoms with Crippen LogP contribution < -0.4 is 14.8 Å². The molecule has 2 aromatic carbocycles. The fourth-order valence-corrected chi connectivity index (χ4v) is 2.26. The van der Waals surface area contributed by atoms with E-state index in [0.717, 1.165) is 0 Å². The highest BCUT2D eigenvalue weighted by Gasteiger charge is 2.16. The van der Waals surface area contributed by atoms with Crippen molar-refractivity contribution >= 4 is 23.3 Å². The highest BCUT2D eigenvalue weighted by Crippen LogP contribution is 2.29. The number of rotatable bonds is 7. The summed E-state index contributed by atoms with van der Waals surface area (Å²) in [5.41, 5.74) is 0.825. The van der Waals surface area contributed by atoms with Gasteiger partial charge in [-0.3, -0.25) is 0 Å². The predicted molar refractivity (Wildman–Crippen MR) is 96.4 cm³/mol. The quantitative estimate of drug-likeness (QED) is 0.746. The van der Waals surface area contributed by atoms with Crippen molar-refractivity contribution in [3.05, 3.63) is 53.1 Å². The van der Waals surface area contributed by atoms with E-state index < -0.39 is 12.6 Å². The van der Waals surface area contributed by atoms with E-state index in [1.165, 1.54) is 11.0 Å². The van der Waals surface area contributed by atoms with Crippen LogP contribution in [0.25, 0.3) is 0 Å². The minimum atomic E-state index is -2.97. The normalized spacial score (nSPS) is 10.5. The maximum Gasteiger partial charge on any atom is 0.387 e. The fourth-order valence-electron chi connectivity index (χ4n) is 2.13. The van der Waals surface area contributed by atoms with Gasteiger partial charge in [0.05, 0.1) is 12.2 Å². The van der Waals surface area contributed by atoms with Crippen LogP contribution in [-0.4, -0.2) is 37.7 Å². The number of hydrogen-bond acceptors (Lipinski definition) is 3. The van der Waals surface area contributed by atoms with Gasteiger partial charge in [0.25, 0.3) is 0 Å². The van der Waals surface area contributed by atoms with Crippen molar-refractivity contribution in [2.75, 3.05) is 25.5 Å². The monoisotopic (exact) mass is 384 g/mol. The highest BCUT2D eigenvalue weighted by molar-refractivity contribution is 6.30. The van der Waals surface area contributed by atoms with Crippen LogP contribution in [0.2, 0.25) is 5.02 Å². The molecule has 0 saturated carbocycles. The highest BCUT2D eigenvalue weighted by atomic mass is 35.5. The zero-order chi connectivity index (χ0) is 19.1. The van der Waals surface area contributed by atoms with Gasteiger partial charge < -0.3 is 19.7 Å². The van der Waals surface area contributed by atoms with E-state index in [0.29, 0.717) is 22.9 Å². The SMILES string of the molecule is Cc1cccc(OC(F)F)c1NC(=O)N(C)CCOc1ccc(Cl)cc1. The second kappa shape index (κ2) is 9.24. The molecule has 0 aliphatic heterocycles. The van der Waals surface area contributed by atoms with Crippen LogP contribution in [0.1, 0.15) is 5.56 Å². The molecule has 0 aliphatic rings. The summed E-state index contributed by atoms with van der Waals surface area (Å²) < 4.78 is 35.0. The summed E-state index contributed by atoms with van der Waals surface area (Å²) in [4.78, 5) is 13.7. The average Bonchev–Trinajstić information content (AvgIpc) is 2.59. The van der Waals surface area contributed by atoms with Crippen LogP contribution >= 0.6 is 11.6 Å². The van der Waals surface area contributed by atoms with Gasteiger partial charge in [-0.2, -0.15) is 8.78 Å². The molecule has 2 aromatic rings. The third-order valence-corrected chi connectivity index (χ3v) is 3.79. The number of nitrogens with one attached hydrogen (secondary N) is 1. The molecule has 8 heteroatoms. The van der Waals surface area contributed by atoms with Gasteiger partial charge in [0.15, 0.2) is 0 Å². The zero-order valence-electron chi connectivity index (χ0n) is 14.3. The first-order chi connectivity index (χ1) is 12.4.